The highest BCUT2D eigenvalue weighted by Crippen LogP contribution is 2.32. The number of nitrogens with one attached hydrogen (secondary N) is 2. The predicted octanol–water partition coefficient (Wildman–Crippen LogP) is 5.79. The van der Waals surface area contributed by atoms with Gasteiger partial charge < -0.3 is 19.2 Å². The van der Waals surface area contributed by atoms with Crippen LogP contribution >= 0.6 is 28.1 Å². The van der Waals surface area contributed by atoms with Gasteiger partial charge in [-0.15, -0.1) is 0 Å². The van der Waals surface area contributed by atoms with Gasteiger partial charge in [0, 0.05) is 11.1 Å². The van der Waals surface area contributed by atoms with Crippen molar-refractivity contribution in [3.63, 3.8) is 0 Å². The van der Waals surface area contributed by atoms with E-state index in [0.717, 1.165) is 11.1 Å². The topological polar surface area (TPSA) is 85.6 Å². The highest BCUT2D eigenvalue weighted by molar-refractivity contribution is 9.10. The maximum absolute atomic E-state index is 12.7. The zero-order valence-electron chi connectivity index (χ0n) is 17.8. The maximum atomic E-state index is 12.7. The number of oxazole rings is 1. The summed E-state index contributed by atoms with van der Waals surface area (Å²) in [5.41, 5.74) is 3.19. The van der Waals surface area contributed by atoms with E-state index in [9.17, 15) is 4.79 Å². The van der Waals surface area contributed by atoms with Gasteiger partial charge in [0.2, 0.25) is 5.89 Å². The molecule has 0 saturated heterocycles. The van der Waals surface area contributed by atoms with Crippen LogP contribution in [0.5, 0.6) is 11.5 Å². The minimum absolute atomic E-state index is 0.123. The van der Waals surface area contributed by atoms with Crippen molar-refractivity contribution in [2.24, 2.45) is 0 Å². The first kappa shape index (κ1) is 22.8. The number of carbonyl (C=O) groups excluding carboxylic acids is 1. The summed E-state index contributed by atoms with van der Waals surface area (Å²) in [6.45, 7) is 2.42. The van der Waals surface area contributed by atoms with Crippen LogP contribution in [0.25, 0.3) is 22.6 Å². The molecule has 0 bridgehead atoms. The van der Waals surface area contributed by atoms with Crippen molar-refractivity contribution in [1.82, 2.24) is 10.3 Å². The Labute approximate surface area is 204 Å². The Morgan fingerprint density at radius 2 is 1.91 bits per heavy atom. The lowest BCUT2D eigenvalue weighted by Crippen LogP contribution is -2.34. The molecule has 3 aromatic carbocycles. The predicted molar refractivity (Wildman–Crippen MR) is 135 cm³/mol. The average Bonchev–Trinajstić information content (AvgIpc) is 3.24. The number of nitrogens with zero attached hydrogens (tertiary/aromatic N) is 1. The lowest BCUT2D eigenvalue weighted by atomic mass is 10.2. The molecule has 0 spiro atoms. The summed E-state index contributed by atoms with van der Waals surface area (Å²) >= 11 is 8.77. The van der Waals surface area contributed by atoms with Gasteiger partial charge in [-0.2, -0.15) is 0 Å². The molecule has 0 aliphatic heterocycles. The molecule has 33 heavy (non-hydrogen) atoms. The number of para-hydroxylation sites is 2. The third-order valence-electron chi connectivity index (χ3n) is 4.71. The molecule has 1 amide bonds. The van der Waals surface area contributed by atoms with Crippen molar-refractivity contribution in [3.8, 4) is 23.0 Å². The van der Waals surface area contributed by atoms with Gasteiger partial charge in [-0.25, -0.2) is 4.98 Å². The Morgan fingerprint density at radius 1 is 1.12 bits per heavy atom. The maximum Gasteiger partial charge on any atom is 0.257 e. The fraction of sp³-hybridized carbons (Fsp3) is 0.125. The molecule has 0 atom stereocenters. The number of carbonyl (C=O) groups is 1. The van der Waals surface area contributed by atoms with E-state index in [2.05, 4.69) is 31.5 Å². The van der Waals surface area contributed by atoms with Crippen LogP contribution in [0, 0.1) is 0 Å². The summed E-state index contributed by atoms with van der Waals surface area (Å²) in [6.07, 6.45) is 0. The Hall–Kier alpha value is -3.43. The second-order valence-corrected chi connectivity index (χ2v) is 8.15. The fourth-order valence-corrected chi connectivity index (χ4v) is 3.87. The molecule has 4 rings (SSSR count). The van der Waals surface area contributed by atoms with Gasteiger partial charge in [-0.1, -0.05) is 12.1 Å². The third kappa shape index (κ3) is 5.15. The van der Waals surface area contributed by atoms with Gasteiger partial charge in [-0.3, -0.25) is 10.1 Å². The molecular weight excluding hydrogens is 506 g/mol. The smallest absolute Gasteiger partial charge is 0.257 e. The first-order chi connectivity index (χ1) is 16.0. The van der Waals surface area contributed by atoms with Crippen molar-refractivity contribution < 1.29 is 18.7 Å². The number of benzene rings is 3. The molecule has 1 heterocycles. The molecule has 9 heteroatoms. The van der Waals surface area contributed by atoms with E-state index in [4.69, 9.17) is 26.1 Å². The largest absolute Gasteiger partial charge is 0.495 e. The van der Waals surface area contributed by atoms with E-state index < -0.39 is 0 Å². The van der Waals surface area contributed by atoms with Crippen molar-refractivity contribution in [2.75, 3.05) is 19.0 Å². The Morgan fingerprint density at radius 3 is 2.64 bits per heavy atom. The number of fused-ring (bicyclic) bond motifs is 1. The Bertz CT molecular complexity index is 1310. The number of thiocarbonyl (C=S) groups is 1. The second kappa shape index (κ2) is 10.0. The summed E-state index contributed by atoms with van der Waals surface area (Å²) in [4.78, 5) is 17.2. The van der Waals surface area contributed by atoms with E-state index in [-0.39, 0.29) is 11.0 Å². The summed E-state index contributed by atoms with van der Waals surface area (Å²) in [5, 5.41) is 5.82. The highest BCUT2D eigenvalue weighted by atomic mass is 79.9. The molecular formula is C24H20BrN3O4S. The van der Waals surface area contributed by atoms with Crippen LogP contribution in [0.4, 0.5) is 5.69 Å². The summed E-state index contributed by atoms with van der Waals surface area (Å²) in [7, 11) is 1.55. The van der Waals surface area contributed by atoms with Gasteiger partial charge in [0.15, 0.2) is 10.7 Å². The molecule has 0 aliphatic rings. The minimum Gasteiger partial charge on any atom is -0.495 e. The number of anilines is 1. The van der Waals surface area contributed by atoms with Crippen molar-refractivity contribution >= 4 is 56.0 Å². The second-order valence-electron chi connectivity index (χ2n) is 6.89. The Kier molecular flexibility index (Phi) is 6.90. The van der Waals surface area contributed by atoms with Crippen LogP contribution in [-0.4, -0.2) is 29.7 Å². The number of methoxy groups -OCH3 is 1. The number of halogens is 1. The van der Waals surface area contributed by atoms with E-state index in [1.807, 2.05) is 37.3 Å². The molecule has 2 N–H and O–H groups in total. The number of aromatic nitrogens is 1. The highest BCUT2D eigenvalue weighted by Gasteiger charge is 2.15. The summed E-state index contributed by atoms with van der Waals surface area (Å²) in [5.74, 6) is 1.33. The molecule has 0 unspecified atom stereocenters. The van der Waals surface area contributed by atoms with Gasteiger partial charge in [0.05, 0.1) is 23.9 Å². The quantitative estimate of drug-likeness (QED) is 0.308. The van der Waals surface area contributed by atoms with Crippen LogP contribution in [0.15, 0.2) is 69.6 Å². The molecule has 1 aromatic heterocycles. The molecule has 168 valence electrons. The lowest BCUT2D eigenvalue weighted by Gasteiger charge is -2.14. The molecule has 0 radical (unpaired) electrons. The monoisotopic (exact) mass is 525 g/mol. The van der Waals surface area contributed by atoms with Crippen LogP contribution in [0.2, 0.25) is 0 Å². The van der Waals surface area contributed by atoms with Crippen LogP contribution in [0.3, 0.4) is 0 Å². The molecule has 0 aliphatic carbocycles. The zero-order chi connectivity index (χ0) is 23.4. The molecule has 4 aromatic rings. The van der Waals surface area contributed by atoms with E-state index >= 15 is 0 Å². The van der Waals surface area contributed by atoms with Crippen molar-refractivity contribution in [3.05, 3.63) is 70.7 Å². The Balaban J connectivity index is 1.51. The number of hydrogen-bond acceptors (Lipinski definition) is 6. The van der Waals surface area contributed by atoms with Gasteiger partial charge in [0.25, 0.3) is 5.91 Å². The van der Waals surface area contributed by atoms with E-state index in [0.29, 0.717) is 45.3 Å². The normalized spacial score (nSPS) is 10.6. The molecule has 7 nitrogen and oxygen atoms in total. The zero-order valence-corrected chi connectivity index (χ0v) is 20.2. The first-order valence-electron chi connectivity index (χ1n) is 10.1. The number of ether oxygens (including phenoxy) is 2. The minimum atomic E-state index is -0.356. The summed E-state index contributed by atoms with van der Waals surface area (Å²) in [6, 6.07) is 18.0. The number of hydrogen-bond donors (Lipinski definition) is 2. The van der Waals surface area contributed by atoms with Crippen molar-refractivity contribution in [1.29, 1.82) is 0 Å². The summed E-state index contributed by atoms with van der Waals surface area (Å²) < 4.78 is 17.4. The number of amides is 1. The average molecular weight is 526 g/mol. The number of rotatable bonds is 6. The van der Waals surface area contributed by atoms with Crippen LogP contribution in [-0.2, 0) is 0 Å². The van der Waals surface area contributed by atoms with E-state index in [1.165, 1.54) is 0 Å². The molecule has 0 saturated carbocycles. The molecule has 0 fully saturated rings. The fourth-order valence-electron chi connectivity index (χ4n) is 3.18. The van der Waals surface area contributed by atoms with Gasteiger partial charge in [0.1, 0.15) is 17.0 Å². The first-order valence-corrected chi connectivity index (χ1v) is 11.3. The van der Waals surface area contributed by atoms with Gasteiger partial charge >= 0.3 is 0 Å². The lowest BCUT2D eigenvalue weighted by molar-refractivity contribution is 0.0977. The third-order valence-corrected chi connectivity index (χ3v) is 5.53. The van der Waals surface area contributed by atoms with Crippen LogP contribution in [0.1, 0.15) is 17.3 Å². The SMILES string of the molecule is CCOc1ccc(C(=O)NC(=S)Nc2cc(-c3nc4ccccc4o3)ccc2OC)cc1Br. The van der Waals surface area contributed by atoms with Crippen molar-refractivity contribution in [2.45, 2.75) is 6.92 Å². The van der Waals surface area contributed by atoms with Crippen LogP contribution < -0.4 is 20.1 Å². The standard InChI is InChI=1S/C24H20BrN3O4S/c1-3-31-19-10-8-14(12-16(19)25)22(29)28-24(33)27-18-13-15(9-11-20(18)30-2)23-26-17-6-4-5-7-21(17)32-23/h4-13H,3H2,1-2H3,(H2,27,28,29,33). The van der Waals surface area contributed by atoms with Gasteiger partial charge in [-0.05, 0) is 83.6 Å². The van der Waals surface area contributed by atoms with E-state index in [1.54, 1.807) is 37.4 Å².